The molecule has 1 atom stereocenters. The fourth-order valence-corrected chi connectivity index (χ4v) is 2.94. The number of rotatable bonds is 6. The van der Waals surface area contributed by atoms with E-state index in [1.165, 1.54) is 7.11 Å². The topological polar surface area (TPSA) is 73.8 Å². The predicted molar refractivity (Wildman–Crippen MR) is 95.5 cm³/mol. The van der Waals surface area contributed by atoms with Gasteiger partial charge in [-0.05, 0) is 30.5 Å². The number of ether oxygens (including phenoxy) is 3. The number of methoxy groups -OCH3 is 2. The van der Waals surface area contributed by atoms with Crippen molar-refractivity contribution in [1.82, 2.24) is 15.1 Å². The summed E-state index contributed by atoms with van der Waals surface area (Å²) in [5.74, 6) is 1.77. The van der Waals surface area contributed by atoms with Crippen LogP contribution in [-0.2, 0) is 11.2 Å². The van der Waals surface area contributed by atoms with Gasteiger partial charge in [0.2, 0.25) is 17.7 Å². The summed E-state index contributed by atoms with van der Waals surface area (Å²) < 4.78 is 16.0. The summed E-state index contributed by atoms with van der Waals surface area (Å²) in [6, 6.07) is 11.0. The van der Waals surface area contributed by atoms with Gasteiger partial charge in [-0.3, -0.25) is 4.79 Å². The molecule has 0 N–H and O–H groups in total. The minimum Gasteiger partial charge on any atom is -0.497 e. The van der Waals surface area contributed by atoms with E-state index in [2.05, 4.69) is 10.2 Å². The Morgan fingerprint density at radius 3 is 2.46 bits per heavy atom. The molecule has 0 bridgehead atoms. The zero-order valence-electron chi connectivity index (χ0n) is 15.1. The molecule has 1 unspecified atom stereocenters. The molecule has 1 amide bonds. The van der Waals surface area contributed by atoms with E-state index in [-0.39, 0.29) is 12.0 Å². The molecular weight excluding hydrogens is 334 g/mol. The van der Waals surface area contributed by atoms with Crippen LogP contribution < -0.4 is 14.2 Å². The van der Waals surface area contributed by atoms with Crippen molar-refractivity contribution in [3.05, 3.63) is 42.0 Å². The van der Waals surface area contributed by atoms with E-state index in [0.717, 1.165) is 30.7 Å². The summed E-state index contributed by atoms with van der Waals surface area (Å²) in [5, 5.41) is 7.88. The van der Waals surface area contributed by atoms with E-state index < -0.39 is 0 Å². The Bertz CT molecular complexity index is 719. The van der Waals surface area contributed by atoms with Crippen molar-refractivity contribution < 1.29 is 19.0 Å². The zero-order valence-corrected chi connectivity index (χ0v) is 15.1. The molecular formula is C19H23N3O4. The van der Waals surface area contributed by atoms with Crippen LogP contribution in [0.1, 0.15) is 18.4 Å². The largest absolute Gasteiger partial charge is 0.497 e. The fraction of sp³-hybridized carbons (Fsp3) is 0.421. The van der Waals surface area contributed by atoms with Crippen LogP contribution in [0.15, 0.2) is 36.4 Å². The number of nitrogens with zero attached hydrogens (tertiary/aromatic N) is 3. The molecule has 2 heterocycles. The SMILES string of the molecule is COc1ccc(CC(=O)N2CCCC(Oc3ccc(OC)nn3)C2)cc1. The summed E-state index contributed by atoms with van der Waals surface area (Å²) in [7, 11) is 3.17. The molecule has 0 spiro atoms. The van der Waals surface area contributed by atoms with Gasteiger partial charge in [-0.1, -0.05) is 12.1 Å². The summed E-state index contributed by atoms with van der Waals surface area (Å²) in [6.07, 6.45) is 2.09. The summed E-state index contributed by atoms with van der Waals surface area (Å²) in [6.45, 7) is 1.31. The first-order valence-electron chi connectivity index (χ1n) is 8.63. The van der Waals surface area contributed by atoms with Crippen LogP contribution in [0, 0.1) is 0 Å². The number of hydrogen-bond donors (Lipinski definition) is 0. The van der Waals surface area contributed by atoms with Crippen molar-refractivity contribution in [3.63, 3.8) is 0 Å². The standard InChI is InChI=1S/C19H23N3O4/c1-24-15-7-5-14(6-8-15)12-19(23)22-11-3-4-16(13-22)26-18-10-9-17(25-2)20-21-18/h5-10,16H,3-4,11-13H2,1-2H3. The maximum absolute atomic E-state index is 12.6. The monoisotopic (exact) mass is 357 g/mol. The lowest BCUT2D eigenvalue weighted by Gasteiger charge is -2.32. The van der Waals surface area contributed by atoms with Crippen molar-refractivity contribution in [2.75, 3.05) is 27.3 Å². The number of piperidine rings is 1. The molecule has 1 saturated heterocycles. The summed E-state index contributed by atoms with van der Waals surface area (Å²) in [5.41, 5.74) is 0.972. The number of carbonyl (C=O) groups excluding carboxylic acids is 1. The maximum Gasteiger partial charge on any atom is 0.233 e. The van der Waals surface area contributed by atoms with Gasteiger partial charge in [0.15, 0.2) is 0 Å². The highest BCUT2D eigenvalue weighted by atomic mass is 16.5. The second-order valence-electron chi connectivity index (χ2n) is 6.16. The lowest BCUT2D eigenvalue weighted by molar-refractivity contribution is -0.133. The Balaban J connectivity index is 1.55. The van der Waals surface area contributed by atoms with Crippen molar-refractivity contribution >= 4 is 5.91 Å². The van der Waals surface area contributed by atoms with Crippen LogP contribution in [0.5, 0.6) is 17.5 Å². The number of benzene rings is 1. The number of carbonyl (C=O) groups is 1. The quantitative estimate of drug-likeness (QED) is 0.788. The smallest absolute Gasteiger partial charge is 0.233 e. The molecule has 1 fully saturated rings. The molecule has 1 aliphatic rings. The highest BCUT2D eigenvalue weighted by Crippen LogP contribution is 2.19. The van der Waals surface area contributed by atoms with Gasteiger partial charge < -0.3 is 19.1 Å². The lowest BCUT2D eigenvalue weighted by atomic mass is 10.1. The average Bonchev–Trinajstić information content (AvgIpc) is 2.69. The van der Waals surface area contributed by atoms with E-state index in [9.17, 15) is 4.79 Å². The molecule has 3 rings (SSSR count). The number of amides is 1. The molecule has 2 aromatic rings. The van der Waals surface area contributed by atoms with E-state index in [4.69, 9.17) is 14.2 Å². The fourth-order valence-electron chi connectivity index (χ4n) is 2.94. The molecule has 0 aliphatic carbocycles. The molecule has 26 heavy (non-hydrogen) atoms. The summed E-state index contributed by atoms with van der Waals surface area (Å²) in [4.78, 5) is 14.5. The first-order valence-corrected chi connectivity index (χ1v) is 8.63. The molecule has 7 heteroatoms. The van der Waals surface area contributed by atoms with Crippen LogP contribution in [0.3, 0.4) is 0 Å². The van der Waals surface area contributed by atoms with Gasteiger partial charge in [0.1, 0.15) is 11.9 Å². The first kappa shape index (κ1) is 18.0. The van der Waals surface area contributed by atoms with Gasteiger partial charge in [-0.2, -0.15) is 0 Å². The van der Waals surface area contributed by atoms with Crippen molar-refractivity contribution in [3.8, 4) is 17.5 Å². The van der Waals surface area contributed by atoms with E-state index in [0.29, 0.717) is 24.7 Å². The third-order valence-corrected chi connectivity index (χ3v) is 4.36. The minimum absolute atomic E-state index is 0.0775. The van der Waals surface area contributed by atoms with Crippen molar-refractivity contribution in [2.24, 2.45) is 0 Å². The highest BCUT2D eigenvalue weighted by molar-refractivity contribution is 5.79. The second-order valence-corrected chi connectivity index (χ2v) is 6.16. The van der Waals surface area contributed by atoms with E-state index >= 15 is 0 Å². The minimum atomic E-state index is -0.0775. The van der Waals surface area contributed by atoms with Crippen LogP contribution in [0.2, 0.25) is 0 Å². The van der Waals surface area contributed by atoms with Gasteiger partial charge in [-0.15, -0.1) is 10.2 Å². The first-order chi connectivity index (χ1) is 12.7. The lowest BCUT2D eigenvalue weighted by Crippen LogP contribution is -2.45. The number of likely N-dealkylation sites (tertiary alicyclic amines) is 1. The van der Waals surface area contributed by atoms with Gasteiger partial charge in [0.25, 0.3) is 0 Å². The molecule has 7 nitrogen and oxygen atoms in total. The van der Waals surface area contributed by atoms with Crippen LogP contribution in [-0.4, -0.2) is 54.4 Å². The molecule has 138 valence electrons. The van der Waals surface area contributed by atoms with Crippen LogP contribution in [0.4, 0.5) is 0 Å². The van der Waals surface area contributed by atoms with E-state index in [1.54, 1.807) is 19.2 Å². The molecule has 0 radical (unpaired) electrons. The third-order valence-electron chi connectivity index (χ3n) is 4.36. The van der Waals surface area contributed by atoms with Gasteiger partial charge in [0.05, 0.1) is 27.2 Å². The molecule has 1 aliphatic heterocycles. The Labute approximate surface area is 152 Å². The Kier molecular flexibility index (Phi) is 5.88. The van der Waals surface area contributed by atoms with Crippen LogP contribution in [0.25, 0.3) is 0 Å². The second kappa shape index (κ2) is 8.51. The molecule has 1 aromatic carbocycles. The third kappa shape index (κ3) is 4.62. The predicted octanol–water partition coefficient (Wildman–Crippen LogP) is 2.11. The molecule has 0 saturated carbocycles. The maximum atomic E-state index is 12.6. The Morgan fingerprint density at radius 1 is 1.08 bits per heavy atom. The number of hydrogen-bond acceptors (Lipinski definition) is 6. The highest BCUT2D eigenvalue weighted by Gasteiger charge is 2.25. The Hall–Kier alpha value is -2.83. The zero-order chi connectivity index (χ0) is 18.4. The van der Waals surface area contributed by atoms with E-state index in [1.807, 2.05) is 29.2 Å². The summed E-state index contributed by atoms with van der Waals surface area (Å²) >= 11 is 0. The van der Waals surface area contributed by atoms with Crippen LogP contribution >= 0.6 is 0 Å². The van der Waals surface area contributed by atoms with Gasteiger partial charge in [-0.25, -0.2) is 0 Å². The van der Waals surface area contributed by atoms with Crippen molar-refractivity contribution in [1.29, 1.82) is 0 Å². The van der Waals surface area contributed by atoms with Gasteiger partial charge >= 0.3 is 0 Å². The normalized spacial score (nSPS) is 16.8. The average molecular weight is 357 g/mol. The molecule has 1 aromatic heterocycles. The Morgan fingerprint density at radius 2 is 1.81 bits per heavy atom. The number of aromatic nitrogens is 2. The van der Waals surface area contributed by atoms with Gasteiger partial charge in [0, 0.05) is 18.7 Å². The van der Waals surface area contributed by atoms with Crippen molar-refractivity contribution in [2.45, 2.75) is 25.4 Å².